The maximum Gasteiger partial charge on any atom is 0.179 e. The van der Waals surface area contributed by atoms with Crippen LogP contribution in [0.2, 0.25) is 10.0 Å². The Morgan fingerprint density at radius 2 is 2.06 bits per heavy atom. The Balaban J connectivity index is 1.80. The van der Waals surface area contributed by atoms with Crippen LogP contribution in [0.25, 0.3) is 0 Å². The number of benzene rings is 2. The fourth-order valence-corrected chi connectivity index (χ4v) is 5.62. The number of hydrogen-bond donors (Lipinski definition) is 1. The lowest BCUT2D eigenvalue weighted by atomic mass is 10.0. The molecule has 31 heavy (non-hydrogen) atoms. The molecule has 0 saturated carbocycles. The van der Waals surface area contributed by atoms with Gasteiger partial charge in [-0.25, -0.2) is 9.38 Å². The number of anilines is 1. The highest BCUT2D eigenvalue weighted by Gasteiger charge is 2.24. The Hall–Kier alpha value is -0.610. The van der Waals surface area contributed by atoms with Gasteiger partial charge in [-0.2, -0.15) is 0 Å². The molecule has 0 radical (unpaired) electrons. The van der Waals surface area contributed by atoms with Gasteiger partial charge in [-0.3, -0.25) is 4.90 Å². The van der Waals surface area contributed by atoms with Crippen LogP contribution in [-0.4, -0.2) is 27.5 Å². The Labute approximate surface area is 216 Å². The monoisotopic (exact) mass is 609 g/mol. The zero-order chi connectivity index (χ0) is 22.5. The second-order valence-corrected chi connectivity index (χ2v) is 11.2. The minimum Gasteiger partial charge on any atom is -0.332 e. The van der Waals surface area contributed by atoms with Gasteiger partial charge in [-0.05, 0) is 89.5 Å². The first kappa shape index (κ1) is 25.0. The third-order valence-electron chi connectivity index (χ3n) is 4.67. The van der Waals surface area contributed by atoms with Crippen molar-refractivity contribution in [3.8, 4) is 0 Å². The summed E-state index contributed by atoms with van der Waals surface area (Å²) < 4.78 is 14.5. The van der Waals surface area contributed by atoms with Crippen molar-refractivity contribution in [3.05, 3.63) is 55.3 Å². The van der Waals surface area contributed by atoms with Gasteiger partial charge in [0.2, 0.25) is 0 Å². The number of aryl methyl sites for hydroxylation is 1. The maximum atomic E-state index is 13.7. The van der Waals surface area contributed by atoms with Gasteiger partial charge >= 0.3 is 0 Å². The third-order valence-corrected chi connectivity index (χ3v) is 7.23. The van der Waals surface area contributed by atoms with Gasteiger partial charge in [0.15, 0.2) is 10.3 Å². The number of thiocarbonyl (C=S) groups is 1. The fourth-order valence-electron chi connectivity index (χ4n) is 3.20. The molecule has 0 aliphatic carbocycles. The molecule has 1 aliphatic rings. The Kier molecular flexibility index (Phi) is 9.28. The lowest BCUT2D eigenvalue weighted by Crippen LogP contribution is -2.35. The van der Waals surface area contributed by atoms with E-state index < -0.39 is 0 Å². The molecule has 1 fully saturated rings. The summed E-state index contributed by atoms with van der Waals surface area (Å²) in [4.78, 5) is 6.70. The van der Waals surface area contributed by atoms with E-state index in [0.717, 1.165) is 39.3 Å². The molecule has 2 aromatic rings. The van der Waals surface area contributed by atoms with Crippen LogP contribution in [0.5, 0.6) is 0 Å². The molecule has 3 rings (SSSR count). The molecular formula is C22H23Cl2FIN3S2. The predicted molar refractivity (Wildman–Crippen MR) is 146 cm³/mol. The van der Waals surface area contributed by atoms with Gasteiger partial charge < -0.3 is 5.32 Å². The summed E-state index contributed by atoms with van der Waals surface area (Å²) in [6, 6.07) is 8.43. The van der Waals surface area contributed by atoms with Gasteiger partial charge in [0.05, 0.1) is 10.7 Å². The van der Waals surface area contributed by atoms with E-state index in [4.69, 9.17) is 40.4 Å². The minimum absolute atomic E-state index is 0.308. The van der Waals surface area contributed by atoms with Crippen molar-refractivity contribution in [2.45, 2.75) is 33.1 Å². The predicted octanol–water partition coefficient (Wildman–Crippen LogP) is 8.15. The summed E-state index contributed by atoms with van der Waals surface area (Å²) in [7, 11) is 0. The molecule has 1 saturated heterocycles. The van der Waals surface area contributed by atoms with E-state index in [0.29, 0.717) is 39.0 Å². The number of aliphatic imine (C=N–C) groups is 1. The molecule has 9 heteroatoms. The first-order valence-corrected chi connectivity index (χ1v) is 13.2. The van der Waals surface area contributed by atoms with E-state index in [1.54, 1.807) is 17.8 Å². The van der Waals surface area contributed by atoms with E-state index >= 15 is 0 Å². The van der Waals surface area contributed by atoms with Crippen LogP contribution in [0.3, 0.4) is 0 Å². The number of hydrogen-bond acceptors (Lipinski definition) is 3. The Morgan fingerprint density at radius 3 is 2.77 bits per heavy atom. The van der Waals surface area contributed by atoms with Crippen molar-refractivity contribution >= 4 is 91.4 Å². The summed E-state index contributed by atoms with van der Waals surface area (Å²) in [5.41, 5.74) is 2.27. The molecule has 166 valence electrons. The van der Waals surface area contributed by atoms with Gasteiger partial charge in [0.1, 0.15) is 5.82 Å². The largest absolute Gasteiger partial charge is 0.332 e. The molecule has 1 aliphatic heterocycles. The molecule has 0 unspecified atom stereocenters. The normalized spacial score (nSPS) is 15.2. The fraction of sp³-hybridized carbons (Fsp3) is 0.364. The molecule has 3 nitrogen and oxygen atoms in total. The smallest absolute Gasteiger partial charge is 0.179 e. The number of nitrogens with one attached hydrogen (secondary N) is 1. The van der Waals surface area contributed by atoms with Crippen molar-refractivity contribution in [2.24, 2.45) is 10.9 Å². The summed E-state index contributed by atoms with van der Waals surface area (Å²) in [6.07, 6.45) is 3.05. The maximum absolute atomic E-state index is 13.7. The van der Waals surface area contributed by atoms with Crippen LogP contribution in [-0.2, 0) is 6.42 Å². The molecule has 1 N–H and O–H groups in total. The number of amidine groups is 1. The van der Waals surface area contributed by atoms with E-state index in [1.165, 1.54) is 12.1 Å². The summed E-state index contributed by atoms with van der Waals surface area (Å²) in [5.74, 6) is 1.19. The Bertz CT molecular complexity index is 981. The van der Waals surface area contributed by atoms with Crippen molar-refractivity contribution in [2.75, 3.05) is 17.6 Å². The zero-order valence-corrected chi connectivity index (χ0v) is 22.5. The quantitative estimate of drug-likeness (QED) is 0.264. The lowest BCUT2D eigenvalue weighted by molar-refractivity contribution is 0.556. The van der Waals surface area contributed by atoms with Crippen molar-refractivity contribution in [3.63, 3.8) is 0 Å². The van der Waals surface area contributed by atoms with Crippen molar-refractivity contribution in [1.82, 2.24) is 4.90 Å². The third kappa shape index (κ3) is 7.19. The van der Waals surface area contributed by atoms with Gasteiger partial charge in [0, 0.05) is 26.6 Å². The summed E-state index contributed by atoms with van der Waals surface area (Å²) >= 11 is 22.3. The molecule has 2 aromatic carbocycles. The van der Waals surface area contributed by atoms with Gasteiger partial charge in [0.25, 0.3) is 0 Å². The average molecular weight is 610 g/mol. The van der Waals surface area contributed by atoms with Crippen LogP contribution in [0.4, 0.5) is 15.8 Å². The SMILES string of the molecule is CC(C)CCCc1cc(Cl)cc(/N=C2/SCCN2C(=S)Nc2cc(F)cc(I)c2)c1Cl. The van der Waals surface area contributed by atoms with E-state index in [9.17, 15) is 4.39 Å². The number of halogens is 4. The molecule has 0 spiro atoms. The number of nitrogens with zero attached hydrogens (tertiary/aromatic N) is 2. The highest BCUT2D eigenvalue weighted by atomic mass is 127. The average Bonchev–Trinajstić information content (AvgIpc) is 3.12. The zero-order valence-electron chi connectivity index (χ0n) is 17.2. The highest BCUT2D eigenvalue weighted by Crippen LogP contribution is 2.35. The molecule has 0 bridgehead atoms. The minimum atomic E-state index is -0.308. The number of thioether (sulfide) groups is 1. The molecule has 1 heterocycles. The lowest BCUT2D eigenvalue weighted by Gasteiger charge is -2.20. The standard InChI is InChI=1S/C22H23Cl2FIN3S2/c1-13(2)4-3-5-14-8-15(23)9-19(20(14)24)28-22-29(6-7-31-22)21(30)27-18-11-16(25)10-17(26)12-18/h8-13H,3-7H2,1-2H3,(H,27,30)/b28-22+. The van der Waals surface area contributed by atoms with Gasteiger partial charge in [-0.1, -0.05) is 55.2 Å². The summed E-state index contributed by atoms with van der Waals surface area (Å²) in [5, 5.41) is 5.59. The first-order chi connectivity index (χ1) is 14.7. The highest BCUT2D eigenvalue weighted by molar-refractivity contribution is 14.1. The van der Waals surface area contributed by atoms with Gasteiger partial charge in [-0.15, -0.1) is 0 Å². The van der Waals surface area contributed by atoms with Crippen molar-refractivity contribution in [1.29, 1.82) is 0 Å². The summed E-state index contributed by atoms with van der Waals surface area (Å²) in [6.45, 7) is 5.14. The first-order valence-electron chi connectivity index (χ1n) is 9.97. The molecular weight excluding hydrogens is 587 g/mol. The topological polar surface area (TPSA) is 27.6 Å². The van der Waals surface area contributed by atoms with Crippen LogP contribution in [0.1, 0.15) is 32.3 Å². The Morgan fingerprint density at radius 1 is 1.29 bits per heavy atom. The van der Waals surface area contributed by atoms with E-state index in [-0.39, 0.29) is 5.82 Å². The number of rotatable bonds is 6. The van der Waals surface area contributed by atoms with Crippen LogP contribution in [0.15, 0.2) is 35.3 Å². The van der Waals surface area contributed by atoms with E-state index in [1.807, 2.05) is 17.0 Å². The van der Waals surface area contributed by atoms with Crippen LogP contribution >= 0.6 is 69.8 Å². The second kappa shape index (κ2) is 11.5. The second-order valence-electron chi connectivity index (χ2n) is 7.67. The molecule has 0 amide bonds. The van der Waals surface area contributed by atoms with Crippen LogP contribution in [0, 0.1) is 15.3 Å². The molecule has 0 atom stereocenters. The van der Waals surface area contributed by atoms with Crippen molar-refractivity contribution < 1.29 is 4.39 Å². The molecule has 0 aromatic heterocycles. The van der Waals surface area contributed by atoms with E-state index in [2.05, 4.69) is 41.8 Å². The van der Waals surface area contributed by atoms with Crippen LogP contribution < -0.4 is 5.32 Å².